The quantitative estimate of drug-likeness (QED) is 0.662. The Kier molecular flexibility index (Phi) is 2.94. The summed E-state index contributed by atoms with van der Waals surface area (Å²) in [6.07, 6.45) is 5.62. The molecule has 22 heavy (non-hydrogen) atoms. The smallest absolute Gasteiger partial charge is 0.210 e. The van der Waals surface area contributed by atoms with E-state index in [9.17, 15) is 9.90 Å². The fourth-order valence-electron chi connectivity index (χ4n) is 4.05. The number of aliphatic hydroxyl groups is 1. The third-order valence-electron chi connectivity index (χ3n) is 5.13. The minimum Gasteiger partial charge on any atom is -0.493 e. The van der Waals surface area contributed by atoms with Crippen molar-refractivity contribution in [1.82, 2.24) is 4.90 Å². The van der Waals surface area contributed by atoms with Gasteiger partial charge in [-0.15, -0.1) is 0 Å². The van der Waals surface area contributed by atoms with Gasteiger partial charge in [0.1, 0.15) is 6.10 Å². The fraction of sp³-hybridized carbons (Fsp3) is 0.471. The van der Waals surface area contributed by atoms with Crippen LogP contribution in [0.3, 0.4) is 0 Å². The molecule has 1 amide bonds. The van der Waals surface area contributed by atoms with Crippen LogP contribution in [0.1, 0.15) is 24.0 Å². The number of hydrogen-bond acceptors (Lipinski definition) is 4. The largest absolute Gasteiger partial charge is 0.493 e. The Morgan fingerprint density at radius 2 is 2.36 bits per heavy atom. The predicted octanol–water partition coefficient (Wildman–Crippen LogP) is 1.38. The number of hydrogen-bond donors (Lipinski definition) is 1. The van der Waals surface area contributed by atoms with E-state index >= 15 is 0 Å². The standard InChI is InChI=1S/C17H19NO4/c1-21-13-3-2-11-9-18(10-19)7-6-17-5-4-12(20)8-14(17)22-16(13)15(11)17/h2-5,10,12,14,20H,6-9H2,1H3/t12-,14-,17-/m0/s1. The first-order valence-corrected chi connectivity index (χ1v) is 7.62. The molecule has 2 heterocycles. The third-order valence-corrected chi connectivity index (χ3v) is 5.13. The molecule has 0 aromatic heterocycles. The van der Waals surface area contributed by atoms with Crippen LogP contribution < -0.4 is 9.47 Å². The molecule has 0 radical (unpaired) electrons. The van der Waals surface area contributed by atoms with Gasteiger partial charge in [0.2, 0.25) is 6.41 Å². The van der Waals surface area contributed by atoms with Crippen LogP contribution in [0, 0.1) is 0 Å². The van der Waals surface area contributed by atoms with Gasteiger partial charge in [-0.25, -0.2) is 0 Å². The second kappa shape index (κ2) is 4.74. The van der Waals surface area contributed by atoms with E-state index in [-0.39, 0.29) is 11.5 Å². The minimum atomic E-state index is -0.482. The lowest BCUT2D eigenvalue weighted by Crippen LogP contribution is -2.42. The van der Waals surface area contributed by atoms with E-state index in [1.165, 1.54) is 0 Å². The van der Waals surface area contributed by atoms with Gasteiger partial charge >= 0.3 is 0 Å². The summed E-state index contributed by atoms with van der Waals surface area (Å²) < 4.78 is 11.7. The highest BCUT2D eigenvalue weighted by atomic mass is 16.5. The van der Waals surface area contributed by atoms with Crippen LogP contribution in [0.15, 0.2) is 24.3 Å². The molecular weight excluding hydrogens is 282 g/mol. The number of ether oxygens (including phenoxy) is 2. The molecule has 0 fully saturated rings. The number of benzene rings is 1. The molecule has 1 N–H and O–H groups in total. The molecule has 1 aromatic rings. The molecule has 4 rings (SSSR count). The summed E-state index contributed by atoms with van der Waals surface area (Å²) in [6, 6.07) is 3.92. The number of carbonyl (C=O) groups is 1. The zero-order valence-corrected chi connectivity index (χ0v) is 12.5. The summed E-state index contributed by atoms with van der Waals surface area (Å²) in [4.78, 5) is 13.1. The van der Waals surface area contributed by atoms with Crippen molar-refractivity contribution in [3.63, 3.8) is 0 Å². The van der Waals surface area contributed by atoms with Crippen LogP contribution >= 0.6 is 0 Å². The Balaban J connectivity index is 1.94. The van der Waals surface area contributed by atoms with Gasteiger partial charge in [0.15, 0.2) is 11.5 Å². The molecule has 0 bridgehead atoms. The second-order valence-electron chi connectivity index (χ2n) is 6.27. The number of rotatable bonds is 2. The monoisotopic (exact) mass is 301 g/mol. The van der Waals surface area contributed by atoms with E-state index in [2.05, 4.69) is 6.08 Å². The van der Waals surface area contributed by atoms with Gasteiger partial charge in [-0.05, 0) is 18.1 Å². The molecule has 1 aliphatic carbocycles. The number of carbonyl (C=O) groups excluding carboxylic acids is 1. The molecule has 0 unspecified atom stereocenters. The Morgan fingerprint density at radius 1 is 1.50 bits per heavy atom. The van der Waals surface area contributed by atoms with Crippen molar-refractivity contribution in [2.24, 2.45) is 0 Å². The van der Waals surface area contributed by atoms with Gasteiger partial charge in [0.25, 0.3) is 0 Å². The highest BCUT2D eigenvalue weighted by molar-refractivity contribution is 5.62. The SMILES string of the molecule is COc1ccc2c3c1O[C@H]1C[C@@H](O)C=C[C@@]31CCN(C=O)C2. The molecule has 2 aliphatic heterocycles. The molecule has 1 spiro atoms. The highest BCUT2D eigenvalue weighted by Gasteiger charge is 2.52. The molecule has 116 valence electrons. The zero-order valence-electron chi connectivity index (χ0n) is 12.5. The summed E-state index contributed by atoms with van der Waals surface area (Å²) >= 11 is 0. The summed E-state index contributed by atoms with van der Waals surface area (Å²) in [7, 11) is 1.63. The van der Waals surface area contributed by atoms with E-state index in [1.807, 2.05) is 18.2 Å². The Hall–Kier alpha value is -2.01. The van der Waals surface area contributed by atoms with Crippen LogP contribution in [0.25, 0.3) is 0 Å². The van der Waals surface area contributed by atoms with Gasteiger partial charge in [-0.1, -0.05) is 18.2 Å². The second-order valence-corrected chi connectivity index (χ2v) is 6.27. The van der Waals surface area contributed by atoms with Crippen LogP contribution in [-0.4, -0.2) is 42.3 Å². The summed E-state index contributed by atoms with van der Waals surface area (Å²) in [5.41, 5.74) is 1.96. The minimum absolute atomic E-state index is 0.107. The maximum absolute atomic E-state index is 11.3. The van der Waals surface area contributed by atoms with Crippen molar-refractivity contribution >= 4 is 6.41 Å². The van der Waals surface area contributed by atoms with Crippen molar-refractivity contribution < 1.29 is 19.4 Å². The molecule has 5 nitrogen and oxygen atoms in total. The van der Waals surface area contributed by atoms with Gasteiger partial charge in [0, 0.05) is 25.1 Å². The topological polar surface area (TPSA) is 59.0 Å². The van der Waals surface area contributed by atoms with Gasteiger partial charge in [-0.3, -0.25) is 4.79 Å². The van der Waals surface area contributed by atoms with Crippen LogP contribution in [-0.2, 0) is 16.8 Å². The van der Waals surface area contributed by atoms with Crippen molar-refractivity contribution in [2.45, 2.75) is 37.0 Å². The number of methoxy groups -OCH3 is 1. The normalized spacial score (nSPS) is 31.8. The van der Waals surface area contributed by atoms with Crippen LogP contribution in [0.2, 0.25) is 0 Å². The average Bonchev–Trinajstić information content (AvgIpc) is 2.76. The maximum atomic E-state index is 11.3. The number of aliphatic hydroxyl groups excluding tert-OH is 1. The Morgan fingerprint density at radius 3 is 3.14 bits per heavy atom. The van der Waals surface area contributed by atoms with Crippen molar-refractivity contribution in [3.8, 4) is 11.5 Å². The first kappa shape index (κ1) is 13.6. The number of amides is 1. The summed E-state index contributed by atoms with van der Waals surface area (Å²) in [6.45, 7) is 1.27. The molecular formula is C17H19NO4. The van der Waals surface area contributed by atoms with E-state index in [1.54, 1.807) is 12.0 Å². The van der Waals surface area contributed by atoms with E-state index in [4.69, 9.17) is 9.47 Å². The van der Waals surface area contributed by atoms with Gasteiger partial charge < -0.3 is 19.5 Å². The van der Waals surface area contributed by atoms with Crippen LogP contribution in [0.5, 0.6) is 11.5 Å². The van der Waals surface area contributed by atoms with E-state index < -0.39 is 6.10 Å². The summed E-state index contributed by atoms with van der Waals surface area (Å²) in [5, 5.41) is 9.96. The van der Waals surface area contributed by atoms with E-state index in [0.717, 1.165) is 35.5 Å². The molecule has 3 aliphatic rings. The molecule has 5 heteroatoms. The lowest BCUT2D eigenvalue weighted by atomic mass is 9.69. The first-order valence-electron chi connectivity index (χ1n) is 7.62. The molecule has 1 aromatic carbocycles. The van der Waals surface area contributed by atoms with Crippen LogP contribution in [0.4, 0.5) is 0 Å². The van der Waals surface area contributed by atoms with Crippen molar-refractivity contribution in [3.05, 3.63) is 35.4 Å². The fourth-order valence-corrected chi connectivity index (χ4v) is 4.05. The highest BCUT2D eigenvalue weighted by Crippen LogP contribution is 2.55. The lowest BCUT2D eigenvalue weighted by molar-refractivity contribution is -0.118. The predicted molar refractivity (Wildman–Crippen MR) is 79.9 cm³/mol. The van der Waals surface area contributed by atoms with E-state index in [0.29, 0.717) is 19.5 Å². The average molecular weight is 301 g/mol. The maximum Gasteiger partial charge on any atom is 0.210 e. The van der Waals surface area contributed by atoms with Gasteiger partial charge in [-0.2, -0.15) is 0 Å². The van der Waals surface area contributed by atoms with Gasteiger partial charge in [0.05, 0.1) is 18.6 Å². The number of nitrogens with zero attached hydrogens (tertiary/aromatic N) is 1. The molecule has 0 saturated heterocycles. The third kappa shape index (κ3) is 1.72. The van der Waals surface area contributed by atoms with Crippen molar-refractivity contribution in [2.75, 3.05) is 13.7 Å². The Labute approximate surface area is 129 Å². The zero-order chi connectivity index (χ0) is 15.3. The molecule has 0 saturated carbocycles. The van der Waals surface area contributed by atoms with Crippen molar-refractivity contribution in [1.29, 1.82) is 0 Å². The lowest BCUT2D eigenvalue weighted by Gasteiger charge is -2.35. The summed E-state index contributed by atoms with van der Waals surface area (Å²) in [5.74, 6) is 1.49. The molecule has 3 atom stereocenters. The first-order chi connectivity index (χ1) is 10.7. The Bertz CT molecular complexity index is 656.